The summed E-state index contributed by atoms with van der Waals surface area (Å²) >= 11 is 1.39. The second kappa shape index (κ2) is 6.27. The van der Waals surface area contributed by atoms with Crippen molar-refractivity contribution in [3.63, 3.8) is 0 Å². The van der Waals surface area contributed by atoms with Gasteiger partial charge in [0.1, 0.15) is 5.69 Å². The molecule has 116 valence electrons. The number of hydrogen-bond donors (Lipinski definition) is 1. The zero-order valence-corrected chi connectivity index (χ0v) is 13.0. The first-order chi connectivity index (χ1) is 10.6. The number of carbonyl (C=O) groups is 1. The van der Waals surface area contributed by atoms with Crippen molar-refractivity contribution in [2.75, 3.05) is 18.0 Å². The number of amides is 1. The number of piperidine rings is 1. The molecule has 3 rings (SSSR count). The van der Waals surface area contributed by atoms with Gasteiger partial charge in [0, 0.05) is 44.0 Å². The van der Waals surface area contributed by atoms with Crippen LogP contribution in [0.5, 0.6) is 0 Å². The molecule has 0 aliphatic carbocycles. The summed E-state index contributed by atoms with van der Waals surface area (Å²) in [7, 11) is 1.71. The summed E-state index contributed by atoms with van der Waals surface area (Å²) in [6.07, 6.45) is 5.05. The van der Waals surface area contributed by atoms with Crippen LogP contribution in [0.2, 0.25) is 0 Å². The Morgan fingerprint density at radius 1 is 1.45 bits per heavy atom. The standard InChI is InChI=1S/C14H17N5O2S/c1-18-6-4-15-12(14(18)21)19-5-2-3-10(7-19)17-13(20)11-8-22-9-16-11/h4,6,8-10H,2-3,5,7H2,1H3,(H,17,20). The maximum Gasteiger partial charge on any atom is 0.293 e. The van der Waals surface area contributed by atoms with E-state index in [4.69, 9.17) is 0 Å². The molecule has 0 aromatic carbocycles. The molecule has 1 N–H and O–H groups in total. The van der Waals surface area contributed by atoms with Crippen LogP contribution in [0.25, 0.3) is 0 Å². The lowest BCUT2D eigenvalue weighted by atomic mass is 10.1. The molecule has 1 fully saturated rings. The summed E-state index contributed by atoms with van der Waals surface area (Å²) in [5.74, 6) is 0.277. The normalized spacial score (nSPS) is 18.2. The predicted octanol–water partition coefficient (Wildman–Crippen LogP) is 0.636. The molecule has 0 spiro atoms. The van der Waals surface area contributed by atoms with E-state index in [-0.39, 0.29) is 17.5 Å². The Balaban J connectivity index is 1.70. The first-order valence-electron chi connectivity index (χ1n) is 7.11. The maximum absolute atomic E-state index is 12.1. The van der Waals surface area contributed by atoms with Gasteiger partial charge in [-0.1, -0.05) is 0 Å². The lowest BCUT2D eigenvalue weighted by Crippen LogP contribution is -2.49. The van der Waals surface area contributed by atoms with Gasteiger partial charge in [-0.3, -0.25) is 9.59 Å². The van der Waals surface area contributed by atoms with Crippen LogP contribution in [0.4, 0.5) is 5.82 Å². The van der Waals surface area contributed by atoms with Crippen LogP contribution in [0.15, 0.2) is 28.1 Å². The molecule has 3 heterocycles. The molecule has 7 nitrogen and oxygen atoms in total. The maximum atomic E-state index is 12.1. The number of nitrogens with zero attached hydrogens (tertiary/aromatic N) is 4. The topological polar surface area (TPSA) is 80.1 Å². The van der Waals surface area contributed by atoms with Crippen LogP contribution in [0.3, 0.4) is 0 Å². The highest BCUT2D eigenvalue weighted by molar-refractivity contribution is 7.07. The zero-order chi connectivity index (χ0) is 15.5. The predicted molar refractivity (Wildman–Crippen MR) is 84.3 cm³/mol. The van der Waals surface area contributed by atoms with Gasteiger partial charge in [-0.15, -0.1) is 11.3 Å². The monoisotopic (exact) mass is 319 g/mol. The van der Waals surface area contributed by atoms with E-state index >= 15 is 0 Å². The van der Waals surface area contributed by atoms with Crippen LogP contribution >= 0.6 is 11.3 Å². The Kier molecular flexibility index (Phi) is 4.19. The van der Waals surface area contributed by atoms with Crippen LogP contribution in [-0.2, 0) is 7.05 Å². The van der Waals surface area contributed by atoms with Crippen molar-refractivity contribution in [2.45, 2.75) is 18.9 Å². The van der Waals surface area contributed by atoms with E-state index in [1.54, 1.807) is 30.3 Å². The molecule has 1 unspecified atom stereocenters. The van der Waals surface area contributed by atoms with E-state index in [2.05, 4.69) is 15.3 Å². The fourth-order valence-electron chi connectivity index (χ4n) is 2.57. The van der Waals surface area contributed by atoms with Gasteiger partial charge in [-0.25, -0.2) is 9.97 Å². The summed E-state index contributed by atoms with van der Waals surface area (Å²) in [4.78, 5) is 34.4. The molecule has 1 aliphatic heterocycles. The van der Waals surface area contributed by atoms with Crippen molar-refractivity contribution in [1.82, 2.24) is 19.9 Å². The van der Waals surface area contributed by atoms with E-state index in [9.17, 15) is 9.59 Å². The third-order valence-corrected chi connectivity index (χ3v) is 4.31. The van der Waals surface area contributed by atoms with E-state index in [1.165, 1.54) is 15.9 Å². The molecule has 1 saturated heterocycles. The number of rotatable bonds is 3. The summed E-state index contributed by atoms with van der Waals surface area (Å²) in [5, 5.41) is 4.71. The smallest absolute Gasteiger partial charge is 0.293 e. The number of anilines is 1. The van der Waals surface area contributed by atoms with Gasteiger partial charge < -0.3 is 14.8 Å². The van der Waals surface area contributed by atoms with Gasteiger partial charge in [-0.2, -0.15) is 0 Å². The Hall–Kier alpha value is -2.22. The molecule has 0 radical (unpaired) electrons. The molecule has 0 saturated carbocycles. The van der Waals surface area contributed by atoms with Gasteiger partial charge in [0.15, 0.2) is 5.82 Å². The Morgan fingerprint density at radius 2 is 2.32 bits per heavy atom. The number of nitrogens with one attached hydrogen (secondary N) is 1. The molecule has 8 heteroatoms. The van der Waals surface area contributed by atoms with Crippen LogP contribution < -0.4 is 15.8 Å². The van der Waals surface area contributed by atoms with E-state index < -0.39 is 0 Å². The average molecular weight is 319 g/mol. The first kappa shape index (κ1) is 14.7. The highest BCUT2D eigenvalue weighted by atomic mass is 32.1. The summed E-state index contributed by atoms with van der Waals surface area (Å²) in [6.45, 7) is 1.36. The molecule has 0 bridgehead atoms. The number of carbonyl (C=O) groups excluding carboxylic acids is 1. The Labute approximate surface area is 131 Å². The van der Waals surface area contributed by atoms with E-state index in [1.807, 2.05) is 4.90 Å². The summed E-state index contributed by atoms with van der Waals surface area (Å²) in [5.41, 5.74) is 1.96. The quantitative estimate of drug-likeness (QED) is 0.898. The van der Waals surface area contributed by atoms with Crippen LogP contribution in [-0.4, -0.2) is 39.6 Å². The zero-order valence-electron chi connectivity index (χ0n) is 12.2. The third-order valence-electron chi connectivity index (χ3n) is 3.72. The minimum atomic E-state index is -0.165. The summed E-state index contributed by atoms with van der Waals surface area (Å²) < 4.78 is 1.51. The van der Waals surface area contributed by atoms with Crippen molar-refractivity contribution in [2.24, 2.45) is 7.05 Å². The largest absolute Gasteiger partial charge is 0.350 e. The molecule has 2 aromatic heterocycles. The molecule has 1 amide bonds. The Bertz CT molecular complexity index is 712. The summed E-state index contributed by atoms with van der Waals surface area (Å²) in [6, 6.07) is -0.00494. The lowest BCUT2D eigenvalue weighted by molar-refractivity contribution is 0.0928. The number of aryl methyl sites for hydroxylation is 1. The minimum Gasteiger partial charge on any atom is -0.350 e. The lowest BCUT2D eigenvalue weighted by Gasteiger charge is -2.33. The number of hydrogen-bond acceptors (Lipinski definition) is 6. The average Bonchev–Trinajstić information content (AvgIpc) is 3.05. The van der Waals surface area contributed by atoms with Crippen molar-refractivity contribution in [3.05, 3.63) is 39.3 Å². The second-order valence-corrected chi connectivity index (χ2v) is 6.02. The first-order valence-corrected chi connectivity index (χ1v) is 8.05. The number of thiazole rings is 1. The van der Waals surface area contributed by atoms with Gasteiger partial charge in [0.05, 0.1) is 5.51 Å². The van der Waals surface area contributed by atoms with Crippen molar-refractivity contribution in [1.29, 1.82) is 0 Å². The molecule has 1 aliphatic rings. The van der Waals surface area contributed by atoms with Crippen molar-refractivity contribution >= 4 is 23.1 Å². The SMILES string of the molecule is Cn1ccnc(N2CCCC(NC(=O)c3cscn3)C2)c1=O. The van der Waals surface area contributed by atoms with Crippen molar-refractivity contribution < 1.29 is 4.79 Å². The number of aromatic nitrogens is 3. The minimum absolute atomic E-state index is 0.00494. The molecular weight excluding hydrogens is 302 g/mol. The second-order valence-electron chi connectivity index (χ2n) is 5.30. The van der Waals surface area contributed by atoms with Gasteiger partial charge >= 0.3 is 0 Å². The van der Waals surface area contributed by atoms with Gasteiger partial charge in [-0.05, 0) is 12.8 Å². The van der Waals surface area contributed by atoms with Crippen molar-refractivity contribution in [3.8, 4) is 0 Å². The highest BCUT2D eigenvalue weighted by Crippen LogP contribution is 2.15. The molecule has 2 aromatic rings. The highest BCUT2D eigenvalue weighted by Gasteiger charge is 2.24. The third kappa shape index (κ3) is 3.01. The fourth-order valence-corrected chi connectivity index (χ4v) is 3.10. The van der Waals surface area contributed by atoms with Crippen LogP contribution in [0.1, 0.15) is 23.3 Å². The van der Waals surface area contributed by atoms with Gasteiger partial charge in [0.25, 0.3) is 11.5 Å². The fraction of sp³-hybridized carbons (Fsp3) is 0.429. The van der Waals surface area contributed by atoms with Gasteiger partial charge in [0.2, 0.25) is 0 Å². The Morgan fingerprint density at radius 3 is 3.09 bits per heavy atom. The molecule has 1 atom stereocenters. The van der Waals surface area contributed by atoms with Crippen LogP contribution in [0, 0.1) is 0 Å². The van der Waals surface area contributed by atoms with E-state index in [0.717, 1.165) is 19.4 Å². The van der Waals surface area contributed by atoms with E-state index in [0.29, 0.717) is 18.1 Å². The molecular formula is C14H17N5O2S. The molecule has 22 heavy (non-hydrogen) atoms.